The Hall–Kier alpha value is -3.07. The molecule has 3 atom stereocenters. The van der Waals surface area contributed by atoms with E-state index in [2.05, 4.69) is 20.9 Å². The summed E-state index contributed by atoms with van der Waals surface area (Å²) in [6.07, 6.45) is 1.88. The van der Waals surface area contributed by atoms with Crippen LogP contribution < -0.4 is 16.0 Å². The minimum atomic E-state index is -1.00. The third-order valence-electron chi connectivity index (χ3n) is 5.99. The second kappa shape index (κ2) is 11.1. The first-order valence-corrected chi connectivity index (χ1v) is 12.1. The molecule has 1 aliphatic rings. The molecule has 3 amide bonds. The summed E-state index contributed by atoms with van der Waals surface area (Å²) in [5.41, 5.74) is 0.696. The number of nitrogens with one attached hydrogen (secondary N) is 4. The fourth-order valence-electron chi connectivity index (χ4n) is 4.25. The highest BCUT2D eigenvalue weighted by Gasteiger charge is 2.34. The Bertz CT molecular complexity index is 1110. The molecule has 35 heavy (non-hydrogen) atoms. The number of hydrogen-bond acceptors (Lipinski definition) is 5. The molecule has 2 aromatic rings. The molecule has 190 valence electrons. The number of benzene rings is 1. The number of halogens is 1. The number of rotatable bonds is 8. The lowest BCUT2D eigenvalue weighted by Gasteiger charge is -2.29. The van der Waals surface area contributed by atoms with Gasteiger partial charge in [0, 0.05) is 28.4 Å². The van der Waals surface area contributed by atoms with E-state index < -0.39 is 35.8 Å². The summed E-state index contributed by atoms with van der Waals surface area (Å²) in [6, 6.07) is 5.02. The Labute approximate surface area is 209 Å². The predicted octanol–water partition coefficient (Wildman–Crippen LogP) is 2.93. The first kappa shape index (κ1) is 26.5. The number of methoxy groups -OCH3 is 1. The van der Waals surface area contributed by atoms with Gasteiger partial charge in [-0.2, -0.15) is 0 Å². The largest absolute Gasteiger partial charge is 0.467 e. The van der Waals surface area contributed by atoms with Crippen molar-refractivity contribution in [1.82, 2.24) is 20.9 Å². The lowest BCUT2D eigenvalue weighted by Crippen LogP contribution is -2.54. The SMILES string of the molecule is COC(=O)[C@H](C[C@@H]1CCCNC1=O)NC(=O)[C@H](CC(C)(C)C)NC(=O)c1cc2ccc(Cl)cc2[nH]1. The summed E-state index contributed by atoms with van der Waals surface area (Å²) in [6.45, 7) is 6.46. The maximum Gasteiger partial charge on any atom is 0.328 e. The summed E-state index contributed by atoms with van der Waals surface area (Å²) in [5, 5.41) is 9.65. The number of carbonyl (C=O) groups is 4. The number of ether oxygens (including phenoxy) is 1. The number of hydrogen-bond donors (Lipinski definition) is 4. The van der Waals surface area contributed by atoms with Crippen LogP contribution in [0.25, 0.3) is 10.9 Å². The van der Waals surface area contributed by atoms with Crippen LogP contribution >= 0.6 is 11.6 Å². The summed E-state index contributed by atoms with van der Waals surface area (Å²) in [7, 11) is 1.24. The number of aromatic amines is 1. The van der Waals surface area contributed by atoms with Gasteiger partial charge in [-0.3, -0.25) is 14.4 Å². The highest BCUT2D eigenvalue weighted by molar-refractivity contribution is 6.31. The molecular formula is C25H33ClN4O5. The number of H-pyrrole nitrogens is 1. The van der Waals surface area contributed by atoms with Crippen molar-refractivity contribution in [3.05, 3.63) is 35.0 Å². The van der Waals surface area contributed by atoms with Crippen molar-refractivity contribution in [2.24, 2.45) is 11.3 Å². The van der Waals surface area contributed by atoms with Gasteiger partial charge in [-0.05, 0) is 49.3 Å². The van der Waals surface area contributed by atoms with E-state index in [1.165, 1.54) is 7.11 Å². The van der Waals surface area contributed by atoms with Crippen molar-refractivity contribution < 1.29 is 23.9 Å². The monoisotopic (exact) mass is 504 g/mol. The van der Waals surface area contributed by atoms with Crippen LogP contribution in [0.2, 0.25) is 5.02 Å². The number of amides is 3. The molecule has 1 aromatic heterocycles. The van der Waals surface area contributed by atoms with Crippen molar-refractivity contribution >= 4 is 46.2 Å². The number of fused-ring (bicyclic) bond motifs is 1. The molecule has 10 heteroatoms. The first-order chi connectivity index (χ1) is 16.5. The number of piperidine rings is 1. The summed E-state index contributed by atoms with van der Waals surface area (Å²) < 4.78 is 4.88. The van der Waals surface area contributed by atoms with E-state index in [0.29, 0.717) is 29.9 Å². The van der Waals surface area contributed by atoms with Crippen molar-refractivity contribution in [1.29, 1.82) is 0 Å². The molecule has 0 saturated carbocycles. The standard InChI is InChI=1S/C25H33ClN4O5/c1-25(2,3)13-20(30-22(32)18-10-14-7-8-16(26)12-17(14)28-18)23(33)29-19(24(34)35-4)11-15-6-5-9-27-21(15)31/h7-8,10,12,15,19-20,28H,5-6,9,11,13H2,1-4H3,(H,27,31)(H,29,33)(H,30,32)/t15-,19-,20-/m0/s1. The van der Waals surface area contributed by atoms with Gasteiger partial charge in [-0.1, -0.05) is 38.4 Å². The molecule has 1 saturated heterocycles. The lowest BCUT2D eigenvalue weighted by molar-refractivity contribution is -0.146. The molecule has 0 radical (unpaired) electrons. The number of esters is 1. The summed E-state index contributed by atoms with van der Waals surface area (Å²) >= 11 is 6.03. The van der Waals surface area contributed by atoms with Crippen LogP contribution in [0, 0.1) is 11.3 Å². The van der Waals surface area contributed by atoms with Crippen molar-refractivity contribution in [2.45, 2.75) is 58.5 Å². The highest BCUT2D eigenvalue weighted by atomic mass is 35.5. The van der Waals surface area contributed by atoms with Gasteiger partial charge in [0.1, 0.15) is 17.8 Å². The Morgan fingerprint density at radius 3 is 2.57 bits per heavy atom. The van der Waals surface area contributed by atoms with Crippen LogP contribution in [-0.2, 0) is 19.1 Å². The third kappa shape index (κ3) is 7.21. The second-order valence-corrected chi connectivity index (χ2v) is 10.6. The van der Waals surface area contributed by atoms with E-state index >= 15 is 0 Å². The lowest BCUT2D eigenvalue weighted by atomic mass is 9.87. The quantitative estimate of drug-likeness (QED) is 0.411. The molecule has 3 rings (SSSR count). The molecule has 1 aromatic carbocycles. The zero-order valence-electron chi connectivity index (χ0n) is 20.5. The first-order valence-electron chi connectivity index (χ1n) is 11.7. The van der Waals surface area contributed by atoms with E-state index in [-0.39, 0.29) is 23.4 Å². The Kier molecular flexibility index (Phi) is 8.43. The van der Waals surface area contributed by atoms with Gasteiger partial charge in [0.05, 0.1) is 7.11 Å². The van der Waals surface area contributed by atoms with E-state index in [1.807, 2.05) is 20.8 Å². The molecule has 4 N–H and O–H groups in total. The van der Waals surface area contributed by atoms with Gasteiger partial charge in [0.15, 0.2) is 0 Å². The average Bonchev–Trinajstić information content (AvgIpc) is 3.21. The van der Waals surface area contributed by atoms with Crippen molar-refractivity contribution in [3.8, 4) is 0 Å². The molecule has 0 spiro atoms. The fourth-order valence-corrected chi connectivity index (χ4v) is 4.42. The Balaban J connectivity index is 1.77. The van der Waals surface area contributed by atoms with E-state index in [0.717, 1.165) is 11.8 Å². The van der Waals surface area contributed by atoms with Gasteiger partial charge in [0.2, 0.25) is 11.8 Å². The van der Waals surface area contributed by atoms with E-state index in [4.69, 9.17) is 16.3 Å². The zero-order chi connectivity index (χ0) is 25.8. The van der Waals surface area contributed by atoms with Crippen LogP contribution in [0.15, 0.2) is 24.3 Å². The molecular weight excluding hydrogens is 472 g/mol. The van der Waals surface area contributed by atoms with Crippen LogP contribution in [0.1, 0.15) is 56.9 Å². The maximum atomic E-state index is 13.3. The maximum absolute atomic E-state index is 13.3. The van der Waals surface area contributed by atoms with Crippen LogP contribution in [0.5, 0.6) is 0 Å². The molecule has 0 unspecified atom stereocenters. The van der Waals surface area contributed by atoms with Gasteiger partial charge in [0.25, 0.3) is 5.91 Å². The molecule has 9 nitrogen and oxygen atoms in total. The molecule has 2 heterocycles. The van der Waals surface area contributed by atoms with E-state index in [1.54, 1.807) is 24.3 Å². The molecule has 1 aliphatic heterocycles. The topological polar surface area (TPSA) is 129 Å². The zero-order valence-corrected chi connectivity index (χ0v) is 21.3. The molecule has 1 fully saturated rings. The third-order valence-corrected chi connectivity index (χ3v) is 6.22. The Morgan fingerprint density at radius 2 is 1.91 bits per heavy atom. The fraction of sp³-hybridized carbons (Fsp3) is 0.520. The second-order valence-electron chi connectivity index (χ2n) is 10.2. The minimum absolute atomic E-state index is 0.128. The van der Waals surface area contributed by atoms with Crippen molar-refractivity contribution in [3.63, 3.8) is 0 Å². The Morgan fingerprint density at radius 1 is 1.17 bits per heavy atom. The van der Waals surface area contributed by atoms with Gasteiger partial charge in [-0.25, -0.2) is 4.79 Å². The van der Waals surface area contributed by atoms with Gasteiger partial charge in [-0.15, -0.1) is 0 Å². The van der Waals surface area contributed by atoms with Crippen LogP contribution in [0.4, 0.5) is 0 Å². The number of aromatic nitrogens is 1. The van der Waals surface area contributed by atoms with Crippen LogP contribution in [0.3, 0.4) is 0 Å². The number of carbonyl (C=O) groups excluding carboxylic acids is 4. The van der Waals surface area contributed by atoms with Crippen LogP contribution in [-0.4, -0.2) is 54.4 Å². The predicted molar refractivity (Wildman–Crippen MR) is 133 cm³/mol. The highest BCUT2D eigenvalue weighted by Crippen LogP contribution is 2.24. The van der Waals surface area contributed by atoms with Crippen molar-refractivity contribution in [2.75, 3.05) is 13.7 Å². The summed E-state index contributed by atoms with van der Waals surface area (Å²) in [4.78, 5) is 54.0. The van der Waals surface area contributed by atoms with Gasteiger partial charge >= 0.3 is 5.97 Å². The summed E-state index contributed by atoms with van der Waals surface area (Å²) in [5.74, 6) is -2.15. The molecule has 0 aliphatic carbocycles. The van der Waals surface area contributed by atoms with E-state index in [9.17, 15) is 19.2 Å². The molecule has 0 bridgehead atoms. The average molecular weight is 505 g/mol. The normalized spacial score (nSPS) is 17.9. The smallest absolute Gasteiger partial charge is 0.328 e. The van der Waals surface area contributed by atoms with Gasteiger partial charge < -0.3 is 25.7 Å². The minimum Gasteiger partial charge on any atom is -0.467 e.